The van der Waals surface area contributed by atoms with Crippen LogP contribution in [0, 0.1) is 0 Å². The van der Waals surface area contributed by atoms with Gasteiger partial charge in [-0.25, -0.2) is 4.79 Å². The molecular formula is C19H14Cl2N2O3. The zero-order valence-corrected chi connectivity index (χ0v) is 15.0. The molecule has 0 radical (unpaired) electrons. The first-order valence-electron chi connectivity index (χ1n) is 7.67. The second-order valence-corrected chi connectivity index (χ2v) is 6.20. The van der Waals surface area contributed by atoms with Crippen molar-refractivity contribution >= 4 is 35.4 Å². The van der Waals surface area contributed by atoms with E-state index in [1.54, 1.807) is 48.5 Å². The number of hydrogen-bond donors (Lipinski definition) is 2. The molecule has 7 heteroatoms. The molecule has 132 valence electrons. The summed E-state index contributed by atoms with van der Waals surface area (Å²) in [5, 5.41) is 14.3. The lowest BCUT2D eigenvalue weighted by molar-refractivity contribution is 0.0697. The van der Waals surface area contributed by atoms with Crippen molar-refractivity contribution in [1.29, 1.82) is 0 Å². The normalized spacial score (nSPS) is 11.0. The predicted molar refractivity (Wildman–Crippen MR) is 102 cm³/mol. The molecule has 0 aliphatic rings. The van der Waals surface area contributed by atoms with Crippen molar-refractivity contribution in [2.45, 2.75) is 6.54 Å². The van der Waals surface area contributed by atoms with Crippen LogP contribution >= 0.6 is 23.2 Å². The zero-order valence-electron chi connectivity index (χ0n) is 13.4. The summed E-state index contributed by atoms with van der Waals surface area (Å²) in [5.41, 5.74) is 4.51. The number of furan rings is 1. The lowest BCUT2D eigenvalue weighted by Gasteiger charge is -2.05. The summed E-state index contributed by atoms with van der Waals surface area (Å²) in [7, 11) is 0. The van der Waals surface area contributed by atoms with Crippen LogP contribution in [0.3, 0.4) is 0 Å². The molecule has 0 aliphatic carbocycles. The molecule has 0 fully saturated rings. The summed E-state index contributed by atoms with van der Waals surface area (Å²) in [4.78, 5) is 11.1. The third-order valence-corrected chi connectivity index (χ3v) is 4.33. The Morgan fingerprint density at radius 1 is 1.12 bits per heavy atom. The summed E-state index contributed by atoms with van der Waals surface area (Å²) in [6, 6.07) is 15.3. The van der Waals surface area contributed by atoms with Gasteiger partial charge in [-0.05, 0) is 36.4 Å². The molecule has 0 spiro atoms. The van der Waals surface area contributed by atoms with Crippen molar-refractivity contribution in [3.63, 3.8) is 0 Å². The minimum absolute atomic E-state index is 0.201. The molecule has 3 rings (SSSR count). The van der Waals surface area contributed by atoms with Crippen LogP contribution in [-0.2, 0) is 6.54 Å². The third-order valence-electron chi connectivity index (χ3n) is 3.62. The minimum Gasteiger partial charge on any atom is -0.478 e. The fourth-order valence-corrected chi connectivity index (χ4v) is 2.85. The van der Waals surface area contributed by atoms with Crippen LogP contribution in [0.1, 0.15) is 21.7 Å². The monoisotopic (exact) mass is 388 g/mol. The van der Waals surface area contributed by atoms with Gasteiger partial charge in [-0.2, -0.15) is 5.10 Å². The smallest absolute Gasteiger partial charge is 0.335 e. The van der Waals surface area contributed by atoms with Gasteiger partial charge in [0.2, 0.25) is 0 Å². The first-order chi connectivity index (χ1) is 12.5. The topological polar surface area (TPSA) is 74.8 Å². The lowest BCUT2D eigenvalue weighted by atomic mass is 10.1. The zero-order chi connectivity index (χ0) is 18.5. The second-order valence-electron chi connectivity index (χ2n) is 5.38. The van der Waals surface area contributed by atoms with Crippen LogP contribution in [-0.4, -0.2) is 17.3 Å². The van der Waals surface area contributed by atoms with E-state index in [2.05, 4.69) is 10.5 Å². The molecule has 0 saturated carbocycles. The van der Waals surface area contributed by atoms with Gasteiger partial charge in [-0.3, -0.25) is 0 Å². The van der Waals surface area contributed by atoms with Crippen LogP contribution in [0.15, 0.2) is 64.1 Å². The van der Waals surface area contributed by atoms with Crippen molar-refractivity contribution in [3.05, 3.63) is 81.5 Å². The van der Waals surface area contributed by atoms with E-state index in [9.17, 15) is 4.79 Å². The van der Waals surface area contributed by atoms with Gasteiger partial charge in [0.1, 0.15) is 11.5 Å². The van der Waals surface area contributed by atoms with Crippen molar-refractivity contribution in [1.82, 2.24) is 5.43 Å². The predicted octanol–water partition coefficient (Wildman–Crippen LogP) is 5.08. The van der Waals surface area contributed by atoms with Crippen molar-refractivity contribution < 1.29 is 14.3 Å². The maximum Gasteiger partial charge on any atom is 0.335 e. The Morgan fingerprint density at radius 2 is 1.85 bits per heavy atom. The molecule has 3 aromatic rings. The Morgan fingerprint density at radius 3 is 2.58 bits per heavy atom. The fourth-order valence-electron chi connectivity index (χ4n) is 2.32. The molecule has 2 N–H and O–H groups in total. The SMILES string of the molecule is O=C(O)c1cccc(-c2ccc(/C=N/NCc3c(Cl)cccc3Cl)o2)c1. The van der Waals surface area contributed by atoms with E-state index in [4.69, 9.17) is 32.7 Å². The highest BCUT2D eigenvalue weighted by Crippen LogP contribution is 2.24. The number of rotatable bonds is 6. The highest BCUT2D eigenvalue weighted by molar-refractivity contribution is 6.35. The average molecular weight is 389 g/mol. The molecular weight excluding hydrogens is 375 g/mol. The van der Waals surface area contributed by atoms with E-state index in [-0.39, 0.29) is 5.56 Å². The van der Waals surface area contributed by atoms with E-state index in [1.807, 2.05) is 0 Å². The summed E-state index contributed by atoms with van der Waals surface area (Å²) >= 11 is 12.2. The Hall–Kier alpha value is -2.76. The summed E-state index contributed by atoms with van der Waals surface area (Å²) < 4.78 is 5.67. The molecule has 1 aromatic heterocycles. The number of nitrogens with one attached hydrogen (secondary N) is 1. The van der Waals surface area contributed by atoms with Gasteiger partial charge in [-0.15, -0.1) is 0 Å². The quantitative estimate of drug-likeness (QED) is 0.456. The second kappa shape index (κ2) is 8.08. The molecule has 0 saturated heterocycles. The van der Waals surface area contributed by atoms with Gasteiger partial charge < -0.3 is 14.9 Å². The number of carboxylic acid groups (broad SMARTS) is 1. The van der Waals surface area contributed by atoms with Gasteiger partial charge in [-0.1, -0.05) is 41.4 Å². The van der Waals surface area contributed by atoms with Gasteiger partial charge in [0, 0.05) is 21.2 Å². The largest absolute Gasteiger partial charge is 0.478 e. The van der Waals surface area contributed by atoms with Gasteiger partial charge in [0.25, 0.3) is 0 Å². The number of carboxylic acids is 1. The average Bonchev–Trinajstić information content (AvgIpc) is 3.10. The number of carbonyl (C=O) groups is 1. The number of hydrogen-bond acceptors (Lipinski definition) is 4. The highest BCUT2D eigenvalue weighted by atomic mass is 35.5. The van der Waals surface area contributed by atoms with Crippen molar-refractivity contribution in [3.8, 4) is 11.3 Å². The van der Waals surface area contributed by atoms with Crippen LogP contribution in [0.2, 0.25) is 10.0 Å². The van der Waals surface area contributed by atoms with E-state index in [1.165, 1.54) is 12.3 Å². The summed E-state index contributed by atoms with van der Waals surface area (Å²) in [6.07, 6.45) is 1.52. The number of nitrogens with zero attached hydrogens (tertiary/aromatic N) is 1. The molecule has 1 heterocycles. The lowest BCUT2D eigenvalue weighted by Crippen LogP contribution is -2.06. The molecule has 26 heavy (non-hydrogen) atoms. The first kappa shape index (κ1) is 18.0. The molecule has 0 unspecified atom stereocenters. The molecule has 0 amide bonds. The van der Waals surface area contributed by atoms with E-state index < -0.39 is 5.97 Å². The van der Waals surface area contributed by atoms with Crippen LogP contribution in [0.25, 0.3) is 11.3 Å². The summed E-state index contributed by atoms with van der Waals surface area (Å²) in [5.74, 6) is 0.102. The third kappa shape index (κ3) is 4.25. The molecule has 0 aliphatic heterocycles. The van der Waals surface area contributed by atoms with Crippen molar-refractivity contribution in [2.75, 3.05) is 0 Å². The maximum absolute atomic E-state index is 11.1. The first-order valence-corrected chi connectivity index (χ1v) is 8.42. The van der Waals surface area contributed by atoms with Gasteiger partial charge in [0.05, 0.1) is 18.3 Å². The van der Waals surface area contributed by atoms with E-state index >= 15 is 0 Å². The van der Waals surface area contributed by atoms with Gasteiger partial charge in [0.15, 0.2) is 0 Å². The minimum atomic E-state index is -0.984. The molecule has 2 aromatic carbocycles. The summed E-state index contributed by atoms with van der Waals surface area (Å²) in [6.45, 7) is 0.378. The molecule has 0 bridgehead atoms. The molecule has 5 nitrogen and oxygen atoms in total. The van der Waals surface area contributed by atoms with Crippen LogP contribution < -0.4 is 5.43 Å². The van der Waals surface area contributed by atoms with Gasteiger partial charge >= 0.3 is 5.97 Å². The number of aromatic carboxylic acids is 1. The maximum atomic E-state index is 11.1. The standard InChI is InChI=1S/C19H14Cl2N2O3/c20-16-5-2-6-17(21)15(16)11-23-22-10-14-7-8-18(26-14)12-3-1-4-13(9-12)19(24)25/h1-10,23H,11H2,(H,24,25)/b22-10+. The Bertz CT molecular complexity index is 947. The number of hydrazone groups is 1. The highest BCUT2D eigenvalue weighted by Gasteiger charge is 2.08. The van der Waals surface area contributed by atoms with Crippen molar-refractivity contribution in [2.24, 2.45) is 5.10 Å². The number of benzene rings is 2. The molecule has 0 atom stereocenters. The van der Waals surface area contributed by atoms with Crippen LogP contribution in [0.4, 0.5) is 0 Å². The fraction of sp³-hybridized carbons (Fsp3) is 0.0526. The van der Waals surface area contributed by atoms with E-state index in [0.29, 0.717) is 33.7 Å². The van der Waals surface area contributed by atoms with Crippen LogP contribution in [0.5, 0.6) is 0 Å². The van der Waals surface area contributed by atoms with E-state index in [0.717, 1.165) is 5.56 Å². The Balaban J connectivity index is 1.66. The Labute approximate surface area is 159 Å². The number of halogens is 2. The Kier molecular flexibility index (Phi) is 5.61.